The summed E-state index contributed by atoms with van der Waals surface area (Å²) in [7, 11) is 0. The van der Waals surface area contributed by atoms with Gasteiger partial charge in [-0.05, 0) is 43.0 Å². The molecule has 0 fully saturated rings. The minimum Gasteiger partial charge on any atom is -0.465 e. The van der Waals surface area contributed by atoms with E-state index in [1.165, 1.54) is 5.56 Å². The van der Waals surface area contributed by atoms with Crippen LogP contribution in [0.4, 0.5) is 0 Å². The first-order valence-electron chi connectivity index (χ1n) is 7.78. The van der Waals surface area contributed by atoms with Crippen LogP contribution in [0.3, 0.4) is 0 Å². The molecule has 3 N–H and O–H groups in total. The Bertz CT molecular complexity index is 612. The van der Waals surface area contributed by atoms with Gasteiger partial charge in [-0.25, -0.2) is 0 Å². The monoisotopic (exact) mass is 306 g/mol. The minimum absolute atomic E-state index is 0.0967. The fourth-order valence-corrected chi connectivity index (χ4v) is 2.91. The van der Waals surface area contributed by atoms with E-state index in [1.807, 2.05) is 12.1 Å². The van der Waals surface area contributed by atoms with Gasteiger partial charge in [0.05, 0.1) is 12.7 Å². The van der Waals surface area contributed by atoms with Crippen molar-refractivity contribution in [1.29, 1.82) is 0 Å². The van der Waals surface area contributed by atoms with E-state index in [2.05, 4.69) is 0 Å². The molecule has 1 aliphatic carbocycles. The Hall–Kier alpha value is -1.56. The SMILES string of the molecule is OCc1ccc(CCC(O)CCc2cc3c(o2)C(CO)C3)o1. The lowest BCUT2D eigenvalue weighted by Crippen LogP contribution is -2.17. The molecule has 0 spiro atoms. The second-order valence-corrected chi connectivity index (χ2v) is 5.94. The Balaban J connectivity index is 1.42. The first-order valence-corrected chi connectivity index (χ1v) is 7.78. The van der Waals surface area contributed by atoms with E-state index in [0.717, 1.165) is 23.7 Å². The fourth-order valence-electron chi connectivity index (χ4n) is 2.91. The van der Waals surface area contributed by atoms with Crippen LogP contribution < -0.4 is 0 Å². The average Bonchev–Trinajstić information content (AvgIpc) is 3.09. The maximum Gasteiger partial charge on any atom is 0.129 e. The number of aliphatic hydroxyl groups is 3. The summed E-state index contributed by atoms with van der Waals surface area (Å²) in [5, 5.41) is 28.1. The lowest BCUT2D eigenvalue weighted by atomic mass is 9.85. The third-order valence-electron chi connectivity index (χ3n) is 4.27. The summed E-state index contributed by atoms with van der Waals surface area (Å²) in [6.07, 6.45) is 3.11. The van der Waals surface area contributed by atoms with Crippen molar-refractivity contribution in [3.05, 3.63) is 46.8 Å². The molecule has 0 aromatic carbocycles. The highest BCUT2D eigenvalue weighted by atomic mass is 16.4. The van der Waals surface area contributed by atoms with Crippen molar-refractivity contribution in [3.8, 4) is 0 Å². The Morgan fingerprint density at radius 1 is 1.05 bits per heavy atom. The highest BCUT2D eigenvalue weighted by Crippen LogP contribution is 2.37. The highest BCUT2D eigenvalue weighted by Gasteiger charge is 2.30. The van der Waals surface area contributed by atoms with Crippen LogP contribution in [0, 0.1) is 0 Å². The van der Waals surface area contributed by atoms with Crippen molar-refractivity contribution >= 4 is 0 Å². The molecular weight excluding hydrogens is 284 g/mol. The second-order valence-electron chi connectivity index (χ2n) is 5.94. The van der Waals surface area contributed by atoms with Crippen molar-refractivity contribution in [2.24, 2.45) is 0 Å². The first-order chi connectivity index (χ1) is 10.7. The molecular formula is C17H22O5. The number of aryl methyl sites for hydroxylation is 2. The maximum absolute atomic E-state index is 10.1. The van der Waals surface area contributed by atoms with Crippen molar-refractivity contribution in [3.63, 3.8) is 0 Å². The smallest absolute Gasteiger partial charge is 0.129 e. The minimum atomic E-state index is -0.408. The Kier molecular flexibility index (Phi) is 4.66. The summed E-state index contributed by atoms with van der Waals surface area (Å²) in [5.74, 6) is 3.30. The van der Waals surface area contributed by atoms with Gasteiger partial charge in [-0.15, -0.1) is 0 Å². The van der Waals surface area contributed by atoms with Crippen LogP contribution in [0.2, 0.25) is 0 Å². The third kappa shape index (κ3) is 3.27. The quantitative estimate of drug-likeness (QED) is 0.693. The number of rotatable bonds is 8. The summed E-state index contributed by atoms with van der Waals surface area (Å²) in [6, 6.07) is 5.62. The van der Waals surface area contributed by atoms with E-state index in [0.29, 0.717) is 31.4 Å². The molecule has 3 rings (SSSR count). The molecule has 2 atom stereocenters. The Labute approximate surface area is 129 Å². The molecule has 0 saturated heterocycles. The topological polar surface area (TPSA) is 87.0 Å². The predicted octanol–water partition coefficient (Wildman–Crippen LogP) is 1.92. The molecule has 2 aromatic heterocycles. The zero-order chi connectivity index (χ0) is 15.5. The van der Waals surface area contributed by atoms with Gasteiger partial charge in [0.15, 0.2) is 0 Å². The van der Waals surface area contributed by atoms with Gasteiger partial charge in [-0.2, -0.15) is 0 Å². The molecule has 2 heterocycles. The number of hydrogen-bond donors (Lipinski definition) is 3. The van der Waals surface area contributed by atoms with Gasteiger partial charge >= 0.3 is 0 Å². The van der Waals surface area contributed by atoms with Gasteiger partial charge in [0.1, 0.15) is 29.6 Å². The van der Waals surface area contributed by atoms with Crippen molar-refractivity contribution in [2.45, 2.75) is 50.7 Å². The van der Waals surface area contributed by atoms with Gasteiger partial charge in [0.25, 0.3) is 0 Å². The summed E-state index contributed by atoms with van der Waals surface area (Å²) in [5.41, 5.74) is 1.19. The van der Waals surface area contributed by atoms with E-state index in [4.69, 9.17) is 19.0 Å². The number of fused-ring (bicyclic) bond motifs is 1. The zero-order valence-corrected chi connectivity index (χ0v) is 12.5. The summed E-state index contributed by atoms with van der Waals surface area (Å²) < 4.78 is 11.1. The predicted molar refractivity (Wildman–Crippen MR) is 79.5 cm³/mol. The molecule has 0 saturated carbocycles. The molecule has 2 unspecified atom stereocenters. The van der Waals surface area contributed by atoms with Crippen molar-refractivity contribution in [1.82, 2.24) is 0 Å². The summed E-state index contributed by atoms with van der Waals surface area (Å²) >= 11 is 0. The van der Waals surface area contributed by atoms with Crippen LogP contribution in [0.5, 0.6) is 0 Å². The number of hydrogen-bond acceptors (Lipinski definition) is 5. The lowest BCUT2D eigenvalue weighted by molar-refractivity contribution is 0.149. The normalized spacial score (nSPS) is 18.0. The van der Waals surface area contributed by atoms with Crippen LogP contribution in [-0.2, 0) is 25.9 Å². The van der Waals surface area contributed by atoms with Gasteiger partial charge in [-0.1, -0.05) is 0 Å². The molecule has 0 radical (unpaired) electrons. The molecule has 0 aliphatic heterocycles. The fraction of sp³-hybridized carbons (Fsp3) is 0.529. The molecule has 0 amide bonds. The van der Waals surface area contributed by atoms with E-state index < -0.39 is 6.10 Å². The van der Waals surface area contributed by atoms with Crippen LogP contribution >= 0.6 is 0 Å². The van der Waals surface area contributed by atoms with Crippen LogP contribution in [0.1, 0.15) is 47.4 Å². The molecule has 22 heavy (non-hydrogen) atoms. The van der Waals surface area contributed by atoms with Gasteiger partial charge < -0.3 is 24.2 Å². The number of aliphatic hydroxyl groups excluding tert-OH is 3. The van der Waals surface area contributed by atoms with E-state index in [-0.39, 0.29) is 19.1 Å². The van der Waals surface area contributed by atoms with Gasteiger partial charge in [-0.3, -0.25) is 0 Å². The molecule has 2 aromatic rings. The largest absolute Gasteiger partial charge is 0.465 e. The maximum atomic E-state index is 10.1. The van der Waals surface area contributed by atoms with Gasteiger partial charge in [0.2, 0.25) is 0 Å². The average molecular weight is 306 g/mol. The molecule has 5 nitrogen and oxygen atoms in total. The van der Waals surface area contributed by atoms with E-state index >= 15 is 0 Å². The van der Waals surface area contributed by atoms with E-state index in [1.54, 1.807) is 6.07 Å². The Morgan fingerprint density at radius 3 is 2.45 bits per heavy atom. The first kappa shape index (κ1) is 15.3. The third-order valence-corrected chi connectivity index (χ3v) is 4.27. The molecule has 1 aliphatic rings. The molecule has 5 heteroatoms. The van der Waals surface area contributed by atoms with Crippen molar-refractivity contribution in [2.75, 3.05) is 6.61 Å². The summed E-state index contributed by atoms with van der Waals surface area (Å²) in [4.78, 5) is 0. The van der Waals surface area contributed by atoms with Crippen LogP contribution in [0.25, 0.3) is 0 Å². The summed E-state index contributed by atoms with van der Waals surface area (Å²) in [6.45, 7) is 0.0438. The lowest BCUT2D eigenvalue weighted by Gasteiger charge is -2.21. The second kappa shape index (κ2) is 6.69. The Morgan fingerprint density at radius 2 is 1.77 bits per heavy atom. The standard InChI is InChI=1S/C17H22O5/c18-9-12-7-11-8-15(22-17(11)12)4-2-13(20)1-3-14-5-6-16(10-19)21-14/h5-6,8,12-13,18-20H,1-4,7,9-10H2. The zero-order valence-electron chi connectivity index (χ0n) is 12.5. The molecule has 120 valence electrons. The van der Waals surface area contributed by atoms with E-state index in [9.17, 15) is 5.11 Å². The number of furan rings is 2. The molecule has 0 bridgehead atoms. The van der Waals surface area contributed by atoms with Crippen LogP contribution in [-0.4, -0.2) is 28.0 Å². The van der Waals surface area contributed by atoms with Gasteiger partial charge in [0, 0.05) is 18.8 Å². The highest BCUT2D eigenvalue weighted by molar-refractivity contribution is 5.35. The van der Waals surface area contributed by atoms with Crippen molar-refractivity contribution < 1.29 is 24.2 Å². The van der Waals surface area contributed by atoms with Crippen LogP contribution in [0.15, 0.2) is 27.0 Å².